The third kappa shape index (κ3) is 2.44. The average molecular weight is 314 g/mol. The summed E-state index contributed by atoms with van der Waals surface area (Å²) in [6.07, 6.45) is 0.152. The second kappa shape index (κ2) is 4.78. The molecule has 0 aliphatic carbocycles. The molecule has 4 nitrogen and oxygen atoms in total. The summed E-state index contributed by atoms with van der Waals surface area (Å²) in [5.74, 6) is -0.330. The van der Waals surface area contributed by atoms with Crippen molar-refractivity contribution < 1.29 is 9.50 Å². The zero-order valence-electron chi connectivity index (χ0n) is 10.1. The van der Waals surface area contributed by atoms with Gasteiger partial charge in [0.1, 0.15) is 17.1 Å². The van der Waals surface area contributed by atoms with Gasteiger partial charge in [-0.1, -0.05) is 23.4 Å². The zero-order chi connectivity index (χ0) is 13.3. The molecule has 1 N–H and O–H groups in total. The van der Waals surface area contributed by atoms with Crippen LogP contribution in [0.15, 0.2) is 28.9 Å². The number of halogens is 2. The molecule has 96 valence electrons. The van der Waals surface area contributed by atoms with Gasteiger partial charge in [-0.05, 0) is 34.5 Å². The van der Waals surface area contributed by atoms with Gasteiger partial charge in [-0.15, -0.1) is 5.10 Å². The van der Waals surface area contributed by atoms with Crippen molar-refractivity contribution in [3.63, 3.8) is 0 Å². The zero-order valence-corrected chi connectivity index (χ0v) is 11.6. The quantitative estimate of drug-likeness (QED) is 0.944. The fourth-order valence-corrected chi connectivity index (χ4v) is 2.75. The van der Waals surface area contributed by atoms with Crippen molar-refractivity contribution >= 4 is 15.9 Å². The number of benzene rings is 1. The Labute approximate surface area is 113 Å². The van der Waals surface area contributed by atoms with Crippen LogP contribution in [0.4, 0.5) is 4.39 Å². The van der Waals surface area contributed by atoms with E-state index in [0.29, 0.717) is 15.9 Å². The molecule has 0 radical (unpaired) electrons. The highest BCUT2D eigenvalue weighted by Crippen LogP contribution is 2.30. The number of rotatable bonds is 3. The summed E-state index contributed by atoms with van der Waals surface area (Å²) in [6.45, 7) is 1.61. The number of hydrogen-bond acceptors (Lipinski definition) is 3. The van der Waals surface area contributed by atoms with Crippen LogP contribution in [0.25, 0.3) is 0 Å². The van der Waals surface area contributed by atoms with E-state index in [4.69, 9.17) is 0 Å². The molecular weight excluding hydrogens is 301 g/mol. The van der Waals surface area contributed by atoms with Crippen molar-refractivity contribution in [3.05, 3.63) is 45.9 Å². The number of aliphatic hydroxyl groups is 1. The van der Waals surface area contributed by atoms with Crippen LogP contribution in [-0.4, -0.2) is 20.1 Å². The first-order valence-corrected chi connectivity index (χ1v) is 6.22. The van der Waals surface area contributed by atoms with Gasteiger partial charge in [0, 0.05) is 13.5 Å². The molecule has 0 saturated carbocycles. The Balaban J connectivity index is 2.36. The Morgan fingerprint density at radius 1 is 1.44 bits per heavy atom. The van der Waals surface area contributed by atoms with E-state index in [1.54, 1.807) is 32.2 Å². The summed E-state index contributed by atoms with van der Waals surface area (Å²) in [4.78, 5) is 0. The maximum Gasteiger partial charge on any atom is 0.154 e. The van der Waals surface area contributed by atoms with Crippen LogP contribution in [-0.2, 0) is 19.1 Å². The van der Waals surface area contributed by atoms with Crippen LogP contribution in [0, 0.1) is 5.82 Å². The highest BCUT2D eigenvalue weighted by Gasteiger charge is 2.31. The van der Waals surface area contributed by atoms with Gasteiger partial charge in [0.15, 0.2) is 4.60 Å². The predicted molar refractivity (Wildman–Crippen MR) is 68.4 cm³/mol. The normalized spacial score (nSPS) is 14.5. The summed E-state index contributed by atoms with van der Waals surface area (Å²) < 4.78 is 15.5. The van der Waals surface area contributed by atoms with E-state index in [1.807, 2.05) is 0 Å². The molecule has 0 amide bonds. The Kier molecular flexibility index (Phi) is 3.49. The Hall–Kier alpha value is -1.27. The standard InChI is InChI=1S/C12H13BrFN3O/c1-12(18,10-11(13)15-16-17(10)2)7-8-5-3-4-6-9(8)14/h3-6,18H,7H2,1-2H3. The minimum atomic E-state index is -1.25. The topological polar surface area (TPSA) is 50.9 Å². The SMILES string of the molecule is Cn1nnc(Br)c1C(C)(O)Cc1ccccc1F. The molecule has 18 heavy (non-hydrogen) atoms. The molecule has 0 saturated heterocycles. The van der Waals surface area contributed by atoms with Crippen molar-refractivity contribution in [3.8, 4) is 0 Å². The van der Waals surface area contributed by atoms with E-state index >= 15 is 0 Å². The minimum Gasteiger partial charge on any atom is -0.383 e. The highest BCUT2D eigenvalue weighted by molar-refractivity contribution is 9.10. The maximum atomic E-state index is 13.6. The molecule has 0 spiro atoms. The van der Waals surface area contributed by atoms with E-state index in [-0.39, 0.29) is 12.2 Å². The molecule has 0 bridgehead atoms. The molecule has 1 unspecified atom stereocenters. The molecule has 2 rings (SSSR count). The molecule has 1 aromatic heterocycles. The van der Waals surface area contributed by atoms with Gasteiger partial charge in [-0.2, -0.15) is 0 Å². The predicted octanol–water partition coefficient (Wildman–Crippen LogP) is 2.17. The van der Waals surface area contributed by atoms with Gasteiger partial charge in [-0.25, -0.2) is 9.07 Å². The van der Waals surface area contributed by atoms with Crippen LogP contribution in [0.5, 0.6) is 0 Å². The van der Waals surface area contributed by atoms with Gasteiger partial charge in [0.2, 0.25) is 0 Å². The van der Waals surface area contributed by atoms with Gasteiger partial charge in [0.05, 0.1) is 0 Å². The van der Waals surface area contributed by atoms with Crippen LogP contribution >= 0.6 is 15.9 Å². The van der Waals surface area contributed by atoms with Crippen molar-refractivity contribution in [1.29, 1.82) is 0 Å². The van der Waals surface area contributed by atoms with Gasteiger partial charge < -0.3 is 5.11 Å². The largest absolute Gasteiger partial charge is 0.383 e. The highest BCUT2D eigenvalue weighted by atomic mass is 79.9. The van der Waals surface area contributed by atoms with Gasteiger partial charge >= 0.3 is 0 Å². The first-order chi connectivity index (χ1) is 8.42. The fraction of sp³-hybridized carbons (Fsp3) is 0.333. The Bertz CT molecular complexity index is 549. The summed E-state index contributed by atoms with van der Waals surface area (Å²) >= 11 is 3.24. The lowest BCUT2D eigenvalue weighted by atomic mass is 9.93. The van der Waals surface area contributed by atoms with E-state index in [9.17, 15) is 9.50 Å². The molecule has 6 heteroatoms. The van der Waals surface area contributed by atoms with Gasteiger partial charge in [-0.3, -0.25) is 0 Å². The van der Waals surface area contributed by atoms with Crippen LogP contribution in [0.2, 0.25) is 0 Å². The van der Waals surface area contributed by atoms with Crippen LogP contribution in [0.1, 0.15) is 18.2 Å². The third-order valence-electron chi connectivity index (χ3n) is 2.79. The van der Waals surface area contributed by atoms with Crippen molar-refractivity contribution in [1.82, 2.24) is 15.0 Å². The minimum absolute atomic E-state index is 0.152. The second-order valence-electron chi connectivity index (χ2n) is 4.39. The lowest BCUT2D eigenvalue weighted by Crippen LogP contribution is -2.28. The fourth-order valence-electron chi connectivity index (χ4n) is 2.00. The van der Waals surface area contributed by atoms with E-state index in [1.165, 1.54) is 10.7 Å². The number of aryl methyl sites for hydroxylation is 1. The van der Waals surface area contributed by atoms with E-state index in [0.717, 1.165) is 0 Å². The Morgan fingerprint density at radius 2 is 2.11 bits per heavy atom. The van der Waals surface area contributed by atoms with Crippen molar-refractivity contribution in [2.75, 3.05) is 0 Å². The lowest BCUT2D eigenvalue weighted by molar-refractivity contribution is 0.0473. The molecule has 0 aliphatic heterocycles. The summed E-state index contributed by atoms with van der Waals surface area (Å²) in [5, 5.41) is 18.2. The smallest absolute Gasteiger partial charge is 0.154 e. The molecule has 1 aromatic carbocycles. The van der Waals surface area contributed by atoms with Crippen LogP contribution < -0.4 is 0 Å². The Morgan fingerprint density at radius 3 is 2.67 bits per heavy atom. The van der Waals surface area contributed by atoms with Crippen molar-refractivity contribution in [2.24, 2.45) is 7.05 Å². The second-order valence-corrected chi connectivity index (χ2v) is 5.15. The van der Waals surface area contributed by atoms with Gasteiger partial charge in [0.25, 0.3) is 0 Å². The molecule has 0 fully saturated rings. The third-order valence-corrected chi connectivity index (χ3v) is 3.32. The summed E-state index contributed by atoms with van der Waals surface area (Å²) in [7, 11) is 1.68. The number of hydrogen-bond donors (Lipinski definition) is 1. The lowest BCUT2D eigenvalue weighted by Gasteiger charge is -2.23. The van der Waals surface area contributed by atoms with E-state index in [2.05, 4.69) is 26.2 Å². The average Bonchev–Trinajstić information content (AvgIpc) is 2.62. The molecular formula is C12H13BrFN3O. The molecule has 1 atom stereocenters. The maximum absolute atomic E-state index is 13.6. The summed E-state index contributed by atoms with van der Waals surface area (Å²) in [5.41, 5.74) is -0.277. The molecule has 0 aliphatic rings. The van der Waals surface area contributed by atoms with Crippen molar-refractivity contribution in [2.45, 2.75) is 18.9 Å². The summed E-state index contributed by atoms with van der Waals surface area (Å²) in [6, 6.07) is 6.39. The first-order valence-electron chi connectivity index (χ1n) is 5.43. The first kappa shape index (κ1) is 13.2. The monoisotopic (exact) mass is 313 g/mol. The number of nitrogens with zero attached hydrogens (tertiary/aromatic N) is 3. The van der Waals surface area contributed by atoms with E-state index < -0.39 is 5.60 Å². The molecule has 2 aromatic rings. The van der Waals surface area contributed by atoms with Crippen LogP contribution in [0.3, 0.4) is 0 Å². The molecule has 1 heterocycles. The number of aromatic nitrogens is 3.